The lowest BCUT2D eigenvalue weighted by atomic mass is 10.1. The summed E-state index contributed by atoms with van der Waals surface area (Å²) in [7, 11) is -3.64. The molecule has 4 nitrogen and oxygen atoms in total. The van der Waals surface area contributed by atoms with Gasteiger partial charge in [-0.1, -0.05) is 31.2 Å². The van der Waals surface area contributed by atoms with E-state index in [1.165, 1.54) is 0 Å². The molecule has 0 aliphatic carbocycles. The molecule has 21 heavy (non-hydrogen) atoms. The van der Waals surface area contributed by atoms with E-state index >= 15 is 0 Å². The molecule has 112 valence electrons. The van der Waals surface area contributed by atoms with Crippen LogP contribution in [-0.2, 0) is 23.0 Å². The Morgan fingerprint density at radius 2 is 1.90 bits per heavy atom. The summed E-state index contributed by atoms with van der Waals surface area (Å²) in [6, 6.07) is 12.4. The van der Waals surface area contributed by atoms with E-state index in [9.17, 15) is 8.42 Å². The zero-order valence-corrected chi connectivity index (χ0v) is 14.0. The van der Waals surface area contributed by atoms with Crippen LogP contribution in [0.2, 0.25) is 0 Å². The van der Waals surface area contributed by atoms with E-state index in [1.807, 2.05) is 25.1 Å². The van der Waals surface area contributed by atoms with Gasteiger partial charge in [0.25, 0.3) is 10.0 Å². The number of nitrogens with two attached hydrogens (primary N) is 1. The Morgan fingerprint density at radius 3 is 2.52 bits per heavy atom. The number of nitrogens with one attached hydrogen (secondary N) is 1. The SMILES string of the molecule is CCc1ccccc1NS(=O)(=O)c1ccc(CN)cc1Br. The van der Waals surface area contributed by atoms with Gasteiger partial charge in [-0.05, 0) is 51.7 Å². The largest absolute Gasteiger partial charge is 0.326 e. The van der Waals surface area contributed by atoms with E-state index in [0.29, 0.717) is 16.7 Å². The van der Waals surface area contributed by atoms with Crippen molar-refractivity contribution in [2.45, 2.75) is 24.8 Å². The summed E-state index contributed by atoms with van der Waals surface area (Å²) in [4.78, 5) is 0.200. The predicted molar refractivity (Wildman–Crippen MR) is 88.7 cm³/mol. The first-order valence-corrected chi connectivity index (χ1v) is 8.84. The van der Waals surface area contributed by atoms with Crippen LogP contribution in [0.15, 0.2) is 51.8 Å². The number of halogens is 1. The van der Waals surface area contributed by atoms with Crippen LogP contribution >= 0.6 is 15.9 Å². The van der Waals surface area contributed by atoms with Crippen molar-refractivity contribution in [3.8, 4) is 0 Å². The highest BCUT2D eigenvalue weighted by atomic mass is 79.9. The zero-order chi connectivity index (χ0) is 15.5. The number of aryl methyl sites for hydroxylation is 1. The molecule has 6 heteroatoms. The Kier molecular flexibility index (Phi) is 5.03. The highest BCUT2D eigenvalue weighted by Gasteiger charge is 2.18. The lowest BCUT2D eigenvalue weighted by Crippen LogP contribution is -2.15. The van der Waals surface area contributed by atoms with Crippen LogP contribution in [-0.4, -0.2) is 8.42 Å². The Balaban J connectivity index is 2.39. The number of benzene rings is 2. The van der Waals surface area contributed by atoms with Gasteiger partial charge in [0.2, 0.25) is 0 Å². The van der Waals surface area contributed by atoms with E-state index in [4.69, 9.17) is 5.73 Å². The minimum Gasteiger partial charge on any atom is -0.326 e. The van der Waals surface area contributed by atoms with E-state index < -0.39 is 10.0 Å². The smallest absolute Gasteiger partial charge is 0.263 e. The summed E-state index contributed by atoms with van der Waals surface area (Å²) >= 11 is 3.30. The zero-order valence-electron chi connectivity index (χ0n) is 11.6. The third kappa shape index (κ3) is 3.64. The topological polar surface area (TPSA) is 72.2 Å². The van der Waals surface area contributed by atoms with Crippen molar-refractivity contribution in [3.63, 3.8) is 0 Å². The Morgan fingerprint density at radius 1 is 1.19 bits per heavy atom. The average molecular weight is 369 g/mol. The molecule has 0 saturated heterocycles. The fourth-order valence-corrected chi connectivity index (χ4v) is 4.24. The molecular weight excluding hydrogens is 352 g/mol. The standard InChI is InChI=1S/C15H17BrN2O2S/c1-2-12-5-3-4-6-14(12)18-21(19,20)15-8-7-11(10-17)9-13(15)16/h3-9,18H,2,10,17H2,1H3. The van der Waals surface area contributed by atoms with Gasteiger partial charge in [-0.25, -0.2) is 8.42 Å². The summed E-state index contributed by atoms with van der Waals surface area (Å²) in [6.07, 6.45) is 0.756. The number of anilines is 1. The van der Waals surface area contributed by atoms with Crippen molar-refractivity contribution in [2.24, 2.45) is 5.73 Å². The van der Waals surface area contributed by atoms with Crippen LogP contribution in [0.5, 0.6) is 0 Å². The second-order valence-electron chi connectivity index (χ2n) is 4.59. The molecule has 0 aliphatic rings. The fourth-order valence-electron chi connectivity index (χ4n) is 2.02. The summed E-state index contributed by atoms with van der Waals surface area (Å²) in [5.74, 6) is 0. The summed E-state index contributed by atoms with van der Waals surface area (Å²) in [5, 5.41) is 0. The molecule has 0 aliphatic heterocycles. The van der Waals surface area contributed by atoms with Crippen molar-refractivity contribution in [3.05, 3.63) is 58.1 Å². The molecule has 3 N–H and O–H groups in total. The molecule has 0 spiro atoms. The molecule has 0 heterocycles. The van der Waals surface area contributed by atoms with Gasteiger partial charge in [0, 0.05) is 11.0 Å². The van der Waals surface area contributed by atoms with Crippen LogP contribution < -0.4 is 10.5 Å². The maximum atomic E-state index is 12.5. The molecule has 0 bridgehead atoms. The van der Waals surface area contributed by atoms with Crippen molar-refractivity contribution < 1.29 is 8.42 Å². The van der Waals surface area contributed by atoms with Gasteiger partial charge in [-0.2, -0.15) is 0 Å². The molecule has 0 fully saturated rings. The number of hydrogen-bond acceptors (Lipinski definition) is 3. The van der Waals surface area contributed by atoms with Crippen LogP contribution in [0.4, 0.5) is 5.69 Å². The average Bonchev–Trinajstić information content (AvgIpc) is 2.47. The molecule has 2 rings (SSSR count). The fraction of sp³-hybridized carbons (Fsp3) is 0.200. The highest BCUT2D eigenvalue weighted by molar-refractivity contribution is 9.10. The highest BCUT2D eigenvalue weighted by Crippen LogP contribution is 2.26. The van der Waals surface area contributed by atoms with Gasteiger partial charge < -0.3 is 5.73 Å². The molecule has 0 atom stereocenters. The first-order chi connectivity index (χ1) is 9.97. The van der Waals surface area contributed by atoms with Gasteiger partial charge in [0.15, 0.2) is 0 Å². The van der Waals surface area contributed by atoms with Crippen LogP contribution in [0.1, 0.15) is 18.1 Å². The van der Waals surface area contributed by atoms with Gasteiger partial charge >= 0.3 is 0 Å². The van der Waals surface area contributed by atoms with Crippen molar-refractivity contribution >= 4 is 31.6 Å². The number of rotatable bonds is 5. The molecule has 0 amide bonds. The maximum absolute atomic E-state index is 12.5. The van der Waals surface area contributed by atoms with Crippen LogP contribution in [0.3, 0.4) is 0 Å². The third-order valence-electron chi connectivity index (χ3n) is 3.16. The molecule has 2 aromatic rings. The Labute approximate surface area is 133 Å². The first-order valence-electron chi connectivity index (χ1n) is 6.57. The minimum atomic E-state index is -3.64. The van der Waals surface area contributed by atoms with Gasteiger partial charge in [-0.3, -0.25) is 4.72 Å². The summed E-state index contributed by atoms with van der Waals surface area (Å²) in [6.45, 7) is 2.35. The van der Waals surface area contributed by atoms with Crippen molar-refractivity contribution in [2.75, 3.05) is 4.72 Å². The number of para-hydroxylation sites is 1. The number of sulfonamides is 1. The maximum Gasteiger partial charge on any atom is 0.263 e. The van der Waals surface area contributed by atoms with E-state index in [-0.39, 0.29) is 4.90 Å². The summed E-state index contributed by atoms with van der Waals surface area (Å²) in [5.41, 5.74) is 7.98. The molecule has 0 aromatic heterocycles. The molecule has 2 aromatic carbocycles. The van der Waals surface area contributed by atoms with Gasteiger partial charge in [0.05, 0.1) is 5.69 Å². The lowest BCUT2D eigenvalue weighted by molar-refractivity contribution is 0.600. The Bertz CT molecular complexity index is 745. The number of hydrogen-bond donors (Lipinski definition) is 2. The second kappa shape index (κ2) is 6.60. The van der Waals surface area contributed by atoms with Crippen LogP contribution in [0.25, 0.3) is 0 Å². The molecule has 0 saturated carbocycles. The predicted octanol–water partition coefficient (Wildman–Crippen LogP) is 3.27. The molecule has 0 unspecified atom stereocenters. The van der Waals surface area contributed by atoms with Crippen molar-refractivity contribution in [1.29, 1.82) is 0 Å². The molecule has 0 radical (unpaired) electrons. The van der Waals surface area contributed by atoms with Gasteiger partial charge in [-0.15, -0.1) is 0 Å². The van der Waals surface area contributed by atoms with E-state index in [2.05, 4.69) is 20.7 Å². The van der Waals surface area contributed by atoms with Crippen molar-refractivity contribution in [1.82, 2.24) is 0 Å². The minimum absolute atomic E-state index is 0.200. The monoisotopic (exact) mass is 368 g/mol. The van der Waals surface area contributed by atoms with Gasteiger partial charge in [0.1, 0.15) is 4.90 Å². The van der Waals surface area contributed by atoms with Crippen LogP contribution in [0, 0.1) is 0 Å². The first kappa shape index (κ1) is 16.0. The second-order valence-corrected chi connectivity index (χ2v) is 7.09. The van der Waals surface area contributed by atoms with E-state index in [1.54, 1.807) is 24.3 Å². The normalized spacial score (nSPS) is 11.4. The quantitative estimate of drug-likeness (QED) is 0.850. The third-order valence-corrected chi connectivity index (χ3v) is 5.51. The molecular formula is C15H17BrN2O2S. The summed E-state index contributed by atoms with van der Waals surface area (Å²) < 4.78 is 28.2. The van der Waals surface area contributed by atoms with E-state index in [0.717, 1.165) is 17.5 Å². The Hall–Kier alpha value is -1.37. The lowest BCUT2D eigenvalue weighted by Gasteiger charge is -2.13.